The number of rotatable bonds is 5. The fourth-order valence-electron chi connectivity index (χ4n) is 3.84. The van der Waals surface area contributed by atoms with Crippen LogP contribution in [-0.4, -0.2) is 59.3 Å². The van der Waals surface area contributed by atoms with Crippen molar-refractivity contribution in [2.45, 2.75) is 53.7 Å². The Bertz CT molecular complexity index is 1010. The van der Waals surface area contributed by atoms with Crippen LogP contribution in [0.15, 0.2) is 36.5 Å². The molecule has 8 nitrogen and oxygen atoms in total. The molecule has 34 heavy (non-hydrogen) atoms. The number of carbonyl (C=O) groups is 1. The van der Waals surface area contributed by atoms with Crippen molar-refractivity contribution in [2.75, 3.05) is 42.5 Å². The van der Waals surface area contributed by atoms with E-state index in [2.05, 4.69) is 70.9 Å². The number of hydrogen-bond donors (Lipinski definition) is 0. The minimum Gasteiger partial charge on any atom is -0.444 e. The van der Waals surface area contributed by atoms with Crippen LogP contribution >= 0.6 is 0 Å². The highest BCUT2D eigenvalue weighted by Crippen LogP contribution is 2.23. The number of aromatic nitrogens is 2. The summed E-state index contributed by atoms with van der Waals surface area (Å²) in [6.45, 7) is 16.4. The first-order valence-electron chi connectivity index (χ1n) is 11.7. The molecule has 0 radical (unpaired) electrons. The predicted octanol–water partition coefficient (Wildman–Crippen LogP) is 4.46. The monoisotopic (exact) mass is 464 g/mol. The molecule has 1 amide bonds. The summed E-state index contributed by atoms with van der Waals surface area (Å²) in [4.78, 5) is 27.3. The fraction of sp³-hybridized carbons (Fsp3) is 0.538. The molecular formula is C26H36N6O2. The van der Waals surface area contributed by atoms with Crippen LogP contribution in [-0.2, 0) is 11.3 Å². The molecule has 0 aliphatic carbocycles. The Morgan fingerprint density at radius 3 is 2.26 bits per heavy atom. The van der Waals surface area contributed by atoms with Crippen LogP contribution in [0.5, 0.6) is 0 Å². The van der Waals surface area contributed by atoms with E-state index in [1.807, 2.05) is 20.8 Å². The number of carbonyl (C=O) groups excluding carboxylic acids is 1. The summed E-state index contributed by atoms with van der Waals surface area (Å²) in [6, 6.07) is 12.2. The standard InChI is InChI=1S/C26H36N6O2/c1-25(2,3)19-32(23-28-12-11-21(17-27)29-23)18-20-7-9-22(10-8-20)30-13-15-31(16-14-30)24(33)34-26(4,5)6/h7-12H,13-16,18-19H2,1-6H3. The van der Waals surface area contributed by atoms with Gasteiger partial charge in [-0.1, -0.05) is 32.9 Å². The maximum absolute atomic E-state index is 12.3. The maximum atomic E-state index is 12.3. The lowest BCUT2D eigenvalue weighted by molar-refractivity contribution is 0.0240. The zero-order valence-electron chi connectivity index (χ0n) is 21.2. The molecule has 1 aliphatic rings. The van der Waals surface area contributed by atoms with Gasteiger partial charge in [-0.25, -0.2) is 14.8 Å². The Labute approximate surface area is 203 Å². The van der Waals surface area contributed by atoms with Gasteiger partial charge in [-0.15, -0.1) is 0 Å². The van der Waals surface area contributed by atoms with E-state index in [1.54, 1.807) is 17.2 Å². The van der Waals surface area contributed by atoms with Gasteiger partial charge in [-0.3, -0.25) is 0 Å². The summed E-state index contributed by atoms with van der Waals surface area (Å²) in [5.74, 6) is 0.566. The molecule has 0 atom stereocenters. The predicted molar refractivity (Wildman–Crippen MR) is 134 cm³/mol. The van der Waals surface area contributed by atoms with Crippen LogP contribution < -0.4 is 9.80 Å². The summed E-state index contributed by atoms with van der Waals surface area (Å²) < 4.78 is 5.49. The largest absolute Gasteiger partial charge is 0.444 e. The number of amides is 1. The van der Waals surface area contributed by atoms with Gasteiger partial charge in [-0.05, 0) is 49.9 Å². The normalized spacial score (nSPS) is 14.5. The molecule has 1 fully saturated rings. The molecule has 0 saturated carbocycles. The van der Waals surface area contributed by atoms with E-state index in [4.69, 9.17) is 4.74 Å². The summed E-state index contributed by atoms with van der Waals surface area (Å²) in [6.07, 6.45) is 1.39. The average molecular weight is 465 g/mol. The van der Waals surface area contributed by atoms with Gasteiger partial charge in [0, 0.05) is 51.2 Å². The van der Waals surface area contributed by atoms with Gasteiger partial charge in [-0.2, -0.15) is 5.26 Å². The van der Waals surface area contributed by atoms with Crippen molar-refractivity contribution in [3.8, 4) is 6.07 Å². The van der Waals surface area contributed by atoms with Crippen LogP contribution in [0, 0.1) is 16.7 Å². The molecule has 2 aromatic rings. The summed E-state index contributed by atoms with van der Waals surface area (Å²) >= 11 is 0. The maximum Gasteiger partial charge on any atom is 0.410 e. The lowest BCUT2D eigenvalue weighted by Crippen LogP contribution is -2.50. The third kappa shape index (κ3) is 7.34. The van der Waals surface area contributed by atoms with Crippen molar-refractivity contribution in [1.82, 2.24) is 14.9 Å². The van der Waals surface area contributed by atoms with Crippen LogP contribution in [0.25, 0.3) is 0 Å². The highest BCUT2D eigenvalue weighted by Gasteiger charge is 2.26. The Kier molecular flexibility index (Phi) is 7.65. The first-order valence-corrected chi connectivity index (χ1v) is 11.7. The zero-order chi connectivity index (χ0) is 24.9. The molecule has 2 heterocycles. The molecule has 1 saturated heterocycles. The molecule has 1 aromatic heterocycles. The van der Waals surface area contributed by atoms with Gasteiger partial charge in [0.25, 0.3) is 0 Å². The number of piperazine rings is 1. The number of hydrogen-bond acceptors (Lipinski definition) is 7. The lowest BCUT2D eigenvalue weighted by Gasteiger charge is -2.36. The fourth-order valence-corrected chi connectivity index (χ4v) is 3.84. The Balaban J connectivity index is 1.65. The van der Waals surface area contributed by atoms with Gasteiger partial charge in [0.15, 0.2) is 0 Å². The van der Waals surface area contributed by atoms with Gasteiger partial charge in [0.2, 0.25) is 5.95 Å². The van der Waals surface area contributed by atoms with Gasteiger partial charge in [0.1, 0.15) is 17.4 Å². The first-order chi connectivity index (χ1) is 15.9. The second-order valence-corrected chi connectivity index (χ2v) is 10.9. The number of ether oxygens (including phenoxy) is 1. The Morgan fingerprint density at radius 1 is 1.06 bits per heavy atom. The first kappa shape index (κ1) is 25.3. The molecule has 0 bridgehead atoms. The van der Waals surface area contributed by atoms with Crippen molar-refractivity contribution in [3.05, 3.63) is 47.8 Å². The molecule has 1 aromatic carbocycles. The van der Waals surface area contributed by atoms with Gasteiger partial charge < -0.3 is 19.4 Å². The average Bonchev–Trinajstić information content (AvgIpc) is 2.77. The lowest BCUT2D eigenvalue weighted by atomic mass is 9.96. The molecule has 0 N–H and O–H groups in total. The van der Waals surface area contributed by atoms with E-state index in [0.717, 1.165) is 30.9 Å². The summed E-state index contributed by atoms with van der Waals surface area (Å²) in [5.41, 5.74) is 2.21. The van der Waals surface area contributed by atoms with Crippen LogP contribution in [0.4, 0.5) is 16.4 Å². The van der Waals surface area contributed by atoms with Crippen LogP contribution in [0.3, 0.4) is 0 Å². The summed E-state index contributed by atoms with van der Waals surface area (Å²) in [5, 5.41) is 9.22. The van der Waals surface area contributed by atoms with Crippen molar-refractivity contribution < 1.29 is 9.53 Å². The Morgan fingerprint density at radius 2 is 1.71 bits per heavy atom. The second-order valence-electron chi connectivity index (χ2n) is 10.9. The highest BCUT2D eigenvalue weighted by atomic mass is 16.6. The number of anilines is 2. The zero-order valence-corrected chi connectivity index (χ0v) is 21.2. The highest BCUT2D eigenvalue weighted by molar-refractivity contribution is 5.68. The quantitative estimate of drug-likeness (QED) is 0.646. The Hall–Kier alpha value is -3.34. The number of nitriles is 1. The third-order valence-electron chi connectivity index (χ3n) is 5.31. The van der Waals surface area contributed by atoms with Crippen molar-refractivity contribution >= 4 is 17.7 Å². The minimum atomic E-state index is -0.480. The van der Waals surface area contributed by atoms with Crippen LogP contribution in [0.2, 0.25) is 0 Å². The smallest absolute Gasteiger partial charge is 0.410 e. The van der Waals surface area contributed by atoms with E-state index < -0.39 is 5.60 Å². The van der Waals surface area contributed by atoms with Gasteiger partial charge >= 0.3 is 6.09 Å². The van der Waals surface area contributed by atoms with E-state index in [1.165, 1.54) is 0 Å². The van der Waals surface area contributed by atoms with Crippen LogP contribution in [0.1, 0.15) is 52.8 Å². The number of nitrogens with zero attached hydrogens (tertiary/aromatic N) is 6. The molecular weight excluding hydrogens is 428 g/mol. The topological polar surface area (TPSA) is 85.6 Å². The molecule has 0 unspecified atom stereocenters. The van der Waals surface area contributed by atoms with Crippen molar-refractivity contribution in [1.29, 1.82) is 5.26 Å². The molecule has 0 spiro atoms. The minimum absolute atomic E-state index is 0.0414. The van der Waals surface area contributed by atoms with E-state index in [-0.39, 0.29) is 11.5 Å². The number of benzene rings is 1. The van der Waals surface area contributed by atoms with Crippen molar-refractivity contribution in [2.24, 2.45) is 5.41 Å². The SMILES string of the molecule is CC(C)(C)CN(Cc1ccc(N2CCN(C(=O)OC(C)(C)C)CC2)cc1)c1nccc(C#N)n1. The molecule has 182 valence electrons. The van der Waals surface area contributed by atoms with E-state index >= 15 is 0 Å². The van der Waals surface area contributed by atoms with Gasteiger partial charge in [0.05, 0.1) is 0 Å². The van der Waals surface area contributed by atoms with E-state index in [9.17, 15) is 10.1 Å². The third-order valence-corrected chi connectivity index (χ3v) is 5.31. The van der Waals surface area contributed by atoms with Crippen molar-refractivity contribution in [3.63, 3.8) is 0 Å². The van der Waals surface area contributed by atoms with E-state index in [0.29, 0.717) is 31.3 Å². The second kappa shape index (κ2) is 10.3. The molecule has 8 heteroatoms. The molecule has 1 aliphatic heterocycles. The molecule has 3 rings (SSSR count). The summed E-state index contributed by atoms with van der Waals surface area (Å²) in [7, 11) is 0.